The fourth-order valence-electron chi connectivity index (χ4n) is 1.92. The summed E-state index contributed by atoms with van der Waals surface area (Å²) in [7, 11) is 0. The van der Waals surface area contributed by atoms with Gasteiger partial charge in [0.15, 0.2) is 0 Å². The number of hydrogen-bond donors (Lipinski definition) is 2. The summed E-state index contributed by atoms with van der Waals surface area (Å²) >= 11 is 7.43. The summed E-state index contributed by atoms with van der Waals surface area (Å²) in [6.07, 6.45) is 0. The highest BCUT2D eigenvalue weighted by atomic mass is 35.5. The highest BCUT2D eigenvalue weighted by Crippen LogP contribution is 2.26. The zero-order chi connectivity index (χ0) is 14.1. The molecule has 102 valence electrons. The maximum atomic E-state index is 12.0. The second kappa shape index (κ2) is 5.26. The molecule has 3 rings (SSSR count). The van der Waals surface area contributed by atoms with Crippen LogP contribution < -0.4 is 5.32 Å². The average molecular weight is 306 g/mol. The lowest BCUT2D eigenvalue weighted by Crippen LogP contribution is -2.22. The van der Waals surface area contributed by atoms with Gasteiger partial charge in [0.25, 0.3) is 5.91 Å². The number of para-hydroxylation sites is 2. The number of carbonyl (C=O) groups is 1. The first-order chi connectivity index (χ1) is 9.65. The third kappa shape index (κ3) is 2.42. The molecule has 20 heavy (non-hydrogen) atoms. The Balaban J connectivity index is 1.73. The van der Waals surface area contributed by atoms with Gasteiger partial charge in [-0.15, -0.1) is 11.3 Å². The SMILES string of the molecule is Cc1csc(C(=O)NCc2nc3ccccc3[nH]2)c1Cl. The van der Waals surface area contributed by atoms with Gasteiger partial charge in [0, 0.05) is 0 Å². The predicted octanol–water partition coefficient (Wildman–Crippen LogP) is 3.52. The lowest BCUT2D eigenvalue weighted by Gasteiger charge is -2.01. The van der Waals surface area contributed by atoms with E-state index in [0.717, 1.165) is 22.4 Å². The van der Waals surface area contributed by atoms with Crippen LogP contribution in [-0.2, 0) is 6.54 Å². The molecule has 2 heterocycles. The van der Waals surface area contributed by atoms with Crippen LogP contribution >= 0.6 is 22.9 Å². The summed E-state index contributed by atoms with van der Waals surface area (Å²) in [6.45, 7) is 2.23. The van der Waals surface area contributed by atoms with Gasteiger partial charge in [-0.2, -0.15) is 0 Å². The molecule has 0 fully saturated rings. The summed E-state index contributed by atoms with van der Waals surface area (Å²) in [6, 6.07) is 7.75. The van der Waals surface area contributed by atoms with Crippen LogP contribution in [0.3, 0.4) is 0 Å². The number of H-pyrrole nitrogens is 1. The molecule has 4 nitrogen and oxygen atoms in total. The van der Waals surface area contributed by atoms with Crippen molar-refractivity contribution >= 4 is 39.9 Å². The molecule has 0 saturated carbocycles. The Labute approximate surface area is 124 Å². The molecule has 0 aliphatic carbocycles. The van der Waals surface area contributed by atoms with Crippen molar-refractivity contribution in [2.45, 2.75) is 13.5 Å². The summed E-state index contributed by atoms with van der Waals surface area (Å²) in [5, 5.41) is 5.22. The van der Waals surface area contributed by atoms with Crippen molar-refractivity contribution in [3.63, 3.8) is 0 Å². The number of nitrogens with one attached hydrogen (secondary N) is 2. The van der Waals surface area contributed by atoms with Crippen LogP contribution in [0, 0.1) is 6.92 Å². The van der Waals surface area contributed by atoms with E-state index in [2.05, 4.69) is 15.3 Å². The molecule has 2 N–H and O–H groups in total. The monoisotopic (exact) mass is 305 g/mol. The molecule has 3 aromatic rings. The Morgan fingerprint density at radius 2 is 2.25 bits per heavy atom. The Morgan fingerprint density at radius 1 is 1.45 bits per heavy atom. The minimum Gasteiger partial charge on any atom is -0.344 e. The van der Waals surface area contributed by atoms with E-state index in [9.17, 15) is 4.79 Å². The molecule has 0 spiro atoms. The van der Waals surface area contributed by atoms with Gasteiger partial charge in [0.05, 0.1) is 22.6 Å². The van der Waals surface area contributed by atoms with E-state index in [4.69, 9.17) is 11.6 Å². The highest BCUT2D eigenvalue weighted by molar-refractivity contribution is 7.13. The van der Waals surface area contributed by atoms with E-state index in [1.807, 2.05) is 36.6 Å². The molecular formula is C14H12ClN3OS. The predicted molar refractivity (Wildman–Crippen MR) is 81.3 cm³/mol. The Morgan fingerprint density at radius 3 is 2.95 bits per heavy atom. The molecule has 1 amide bonds. The fraction of sp³-hybridized carbons (Fsp3) is 0.143. The van der Waals surface area contributed by atoms with Crippen molar-refractivity contribution in [1.82, 2.24) is 15.3 Å². The fourth-order valence-corrected chi connectivity index (χ4v) is 3.11. The number of aromatic nitrogens is 2. The number of amides is 1. The number of nitrogens with zero attached hydrogens (tertiary/aromatic N) is 1. The van der Waals surface area contributed by atoms with Gasteiger partial charge in [0.1, 0.15) is 10.7 Å². The Kier molecular flexibility index (Phi) is 3.46. The number of benzene rings is 1. The van der Waals surface area contributed by atoms with Crippen molar-refractivity contribution in [2.24, 2.45) is 0 Å². The quantitative estimate of drug-likeness (QED) is 0.778. The average Bonchev–Trinajstić information content (AvgIpc) is 3.00. The molecule has 0 unspecified atom stereocenters. The van der Waals surface area contributed by atoms with Crippen molar-refractivity contribution in [3.05, 3.63) is 50.9 Å². The summed E-state index contributed by atoms with van der Waals surface area (Å²) in [5.74, 6) is 0.553. The number of thiophene rings is 1. The van der Waals surface area contributed by atoms with Crippen LogP contribution in [0.4, 0.5) is 0 Å². The first-order valence-corrected chi connectivity index (χ1v) is 7.36. The Bertz CT molecular complexity index is 745. The van der Waals surface area contributed by atoms with Crippen LogP contribution in [-0.4, -0.2) is 15.9 Å². The topological polar surface area (TPSA) is 57.8 Å². The zero-order valence-electron chi connectivity index (χ0n) is 10.7. The Hall–Kier alpha value is -1.85. The molecule has 0 aliphatic heterocycles. The van der Waals surface area contributed by atoms with Gasteiger partial charge in [-0.1, -0.05) is 23.7 Å². The van der Waals surface area contributed by atoms with Crippen molar-refractivity contribution in [1.29, 1.82) is 0 Å². The number of aryl methyl sites for hydroxylation is 1. The standard InChI is InChI=1S/C14H12ClN3OS/c1-8-7-20-13(12(8)15)14(19)16-6-11-17-9-4-2-3-5-10(9)18-11/h2-5,7H,6H2,1H3,(H,16,19)(H,17,18). The smallest absolute Gasteiger partial charge is 0.263 e. The van der Waals surface area contributed by atoms with Gasteiger partial charge < -0.3 is 10.3 Å². The number of rotatable bonds is 3. The summed E-state index contributed by atoms with van der Waals surface area (Å²) in [5.41, 5.74) is 2.77. The molecular weight excluding hydrogens is 294 g/mol. The molecule has 0 bridgehead atoms. The minimum absolute atomic E-state index is 0.173. The summed E-state index contributed by atoms with van der Waals surface area (Å²) in [4.78, 5) is 20.2. The number of imidazole rings is 1. The van der Waals surface area contributed by atoms with Gasteiger partial charge in [-0.05, 0) is 30.0 Å². The van der Waals surface area contributed by atoms with E-state index in [1.54, 1.807) is 0 Å². The second-order valence-corrected chi connectivity index (χ2v) is 5.70. The van der Waals surface area contributed by atoms with E-state index >= 15 is 0 Å². The van der Waals surface area contributed by atoms with E-state index in [-0.39, 0.29) is 5.91 Å². The number of fused-ring (bicyclic) bond motifs is 1. The van der Waals surface area contributed by atoms with Gasteiger partial charge in [-0.3, -0.25) is 4.79 Å². The van der Waals surface area contributed by atoms with Crippen molar-refractivity contribution in [2.75, 3.05) is 0 Å². The van der Waals surface area contributed by atoms with E-state index < -0.39 is 0 Å². The third-order valence-corrected chi connectivity index (χ3v) is 4.66. The van der Waals surface area contributed by atoms with Crippen molar-refractivity contribution < 1.29 is 4.79 Å². The van der Waals surface area contributed by atoms with Crippen LogP contribution in [0.1, 0.15) is 21.1 Å². The third-order valence-electron chi connectivity index (χ3n) is 2.96. The molecule has 0 saturated heterocycles. The van der Waals surface area contributed by atoms with Crippen LogP contribution in [0.15, 0.2) is 29.6 Å². The maximum absolute atomic E-state index is 12.0. The summed E-state index contributed by atoms with van der Waals surface area (Å²) < 4.78 is 0. The second-order valence-electron chi connectivity index (χ2n) is 4.45. The van der Waals surface area contributed by atoms with E-state index in [1.165, 1.54) is 11.3 Å². The maximum Gasteiger partial charge on any atom is 0.263 e. The number of hydrogen-bond acceptors (Lipinski definition) is 3. The normalized spacial score (nSPS) is 10.9. The molecule has 0 aliphatic rings. The zero-order valence-corrected chi connectivity index (χ0v) is 12.3. The van der Waals surface area contributed by atoms with Gasteiger partial charge in [0.2, 0.25) is 0 Å². The van der Waals surface area contributed by atoms with Crippen LogP contribution in [0.2, 0.25) is 5.02 Å². The van der Waals surface area contributed by atoms with Gasteiger partial charge >= 0.3 is 0 Å². The number of aromatic amines is 1. The molecule has 6 heteroatoms. The highest BCUT2D eigenvalue weighted by Gasteiger charge is 2.14. The molecule has 0 radical (unpaired) electrons. The number of carbonyl (C=O) groups excluding carboxylic acids is 1. The molecule has 2 aromatic heterocycles. The molecule has 1 aromatic carbocycles. The first kappa shape index (κ1) is 13.1. The van der Waals surface area contributed by atoms with Crippen molar-refractivity contribution in [3.8, 4) is 0 Å². The largest absolute Gasteiger partial charge is 0.344 e. The number of halogens is 1. The van der Waals surface area contributed by atoms with E-state index in [0.29, 0.717) is 16.4 Å². The first-order valence-electron chi connectivity index (χ1n) is 6.10. The lowest BCUT2D eigenvalue weighted by atomic mass is 10.3. The minimum atomic E-state index is -0.173. The lowest BCUT2D eigenvalue weighted by molar-refractivity contribution is 0.0954. The van der Waals surface area contributed by atoms with Gasteiger partial charge in [-0.25, -0.2) is 4.98 Å². The van der Waals surface area contributed by atoms with Crippen LogP contribution in [0.25, 0.3) is 11.0 Å². The van der Waals surface area contributed by atoms with Crippen LogP contribution in [0.5, 0.6) is 0 Å². The molecule has 0 atom stereocenters.